The lowest BCUT2D eigenvalue weighted by Crippen LogP contribution is -2.38. The van der Waals surface area contributed by atoms with Crippen molar-refractivity contribution in [2.75, 3.05) is 11.4 Å². The van der Waals surface area contributed by atoms with Gasteiger partial charge in [-0.25, -0.2) is 0 Å². The molecule has 0 saturated heterocycles. The van der Waals surface area contributed by atoms with Gasteiger partial charge in [0.2, 0.25) is 0 Å². The number of benzene rings is 1. The Labute approximate surface area is 135 Å². The predicted molar refractivity (Wildman–Crippen MR) is 85.3 cm³/mol. The van der Waals surface area contributed by atoms with Crippen molar-refractivity contribution in [3.8, 4) is 0 Å². The normalized spacial score (nSPS) is 18.7. The summed E-state index contributed by atoms with van der Waals surface area (Å²) in [5.74, 6) is 0.896. The molecule has 2 aromatic heterocycles. The van der Waals surface area contributed by atoms with Crippen molar-refractivity contribution in [1.29, 1.82) is 0 Å². The molecule has 1 aromatic carbocycles. The van der Waals surface area contributed by atoms with Gasteiger partial charge in [-0.15, -0.1) is 14.8 Å². The van der Waals surface area contributed by atoms with E-state index in [1.807, 2.05) is 12.1 Å². The van der Waals surface area contributed by atoms with Crippen LogP contribution in [-0.4, -0.2) is 31.8 Å². The largest absolute Gasteiger partial charge is 0.324 e. The zero-order chi connectivity index (χ0) is 14.7. The molecule has 3 heterocycles. The third-order valence-electron chi connectivity index (χ3n) is 4.92. The Morgan fingerprint density at radius 1 is 1.14 bits per heavy atom. The smallest absolute Gasteiger partial charge is 0.200 e. The highest BCUT2D eigenvalue weighted by atomic mass is 79.9. The third-order valence-corrected chi connectivity index (χ3v) is 5.42. The van der Waals surface area contributed by atoms with Gasteiger partial charge in [0, 0.05) is 22.1 Å². The molecule has 1 spiro atoms. The van der Waals surface area contributed by atoms with Gasteiger partial charge in [-0.3, -0.25) is 0 Å². The highest BCUT2D eigenvalue weighted by Crippen LogP contribution is 2.54. The molecule has 1 fully saturated rings. The first kappa shape index (κ1) is 12.5. The van der Waals surface area contributed by atoms with E-state index in [1.165, 1.54) is 35.1 Å². The molecular weight excluding hydrogens is 344 g/mol. The number of anilines is 2. The molecule has 7 heteroatoms. The first-order chi connectivity index (χ1) is 10.8. The minimum atomic E-state index is 0.288. The van der Waals surface area contributed by atoms with Gasteiger partial charge >= 0.3 is 0 Å². The standard InChI is InChI=1S/C15H13BrN6/c16-10-2-3-12-11(8-10)15(6-1-7-15)9-21(12)14-5-4-13-17-19-20-22(13)18-14/h2-5,8H,1,6-7,9H2. The van der Waals surface area contributed by atoms with E-state index < -0.39 is 0 Å². The molecule has 22 heavy (non-hydrogen) atoms. The van der Waals surface area contributed by atoms with Crippen LogP contribution in [0.4, 0.5) is 11.5 Å². The van der Waals surface area contributed by atoms with Crippen LogP contribution in [0.3, 0.4) is 0 Å². The van der Waals surface area contributed by atoms with Crippen LogP contribution in [0, 0.1) is 0 Å². The number of hydrogen-bond acceptors (Lipinski definition) is 5. The molecule has 0 radical (unpaired) electrons. The second kappa shape index (κ2) is 4.25. The Bertz CT molecular complexity index is 885. The van der Waals surface area contributed by atoms with E-state index >= 15 is 0 Å². The fraction of sp³-hybridized carbons (Fsp3) is 0.333. The molecule has 0 N–H and O–H groups in total. The monoisotopic (exact) mass is 356 g/mol. The SMILES string of the molecule is Brc1ccc2c(c1)C1(CCC1)CN2c1ccc2nnnn2n1. The molecular formula is C15H13BrN6. The molecule has 1 saturated carbocycles. The number of halogens is 1. The van der Waals surface area contributed by atoms with Crippen molar-refractivity contribution in [1.82, 2.24) is 25.3 Å². The number of tetrazole rings is 1. The molecule has 110 valence electrons. The Morgan fingerprint density at radius 2 is 2.05 bits per heavy atom. The second-order valence-corrected chi connectivity index (χ2v) is 7.02. The van der Waals surface area contributed by atoms with Crippen LogP contribution in [0.1, 0.15) is 24.8 Å². The Hall–Kier alpha value is -2.02. The lowest BCUT2D eigenvalue weighted by Gasteiger charge is -2.39. The van der Waals surface area contributed by atoms with Crippen LogP contribution >= 0.6 is 15.9 Å². The predicted octanol–water partition coefficient (Wildman–Crippen LogP) is 2.86. The zero-order valence-electron chi connectivity index (χ0n) is 11.8. The summed E-state index contributed by atoms with van der Waals surface area (Å²) < 4.78 is 2.63. The molecule has 0 unspecified atom stereocenters. The van der Waals surface area contributed by atoms with E-state index in [0.717, 1.165) is 16.8 Å². The molecule has 6 nitrogen and oxygen atoms in total. The maximum Gasteiger partial charge on any atom is 0.200 e. The molecule has 5 rings (SSSR count). The van der Waals surface area contributed by atoms with E-state index in [4.69, 9.17) is 0 Å². The van der Waals surface area contributed by atoms with Crippen molar-refractivity contribution in [3.05, 3.63) is 40.4 Å². The van der Waals surface area contributed by atoms with Gasteiger partial charge in [0.25, 0.3) is 0 Å². The molecule has 3 aromatic rings. The maximum absolute atomic E-state index is 4.56. The van der Waals surface area contributed by atoms with Crippen LogP contribution in [-0.2, 0) is 5.41 Å². The fourth-order valence-electron chi connectivity index (χ4n) is 3.66. The van der Waals surface area contributed by atoms with Crippen molar-refractivity contribution in [2.24, 2.45) is 0 Å². The Balaban J connectivity index is 1.66. The third kappa shape index (κ3) is 1.60. The summed E-state index contributed by atoms with van der Waals surface area (Å²) in [6, 6.07) is 10.4. The molecule has 0 bridgehead atoms. The van der Waals surface area contributed by atoms with E-state index in [1.54, 1.807) is 0 Å². The van der Waals surface area contributed by atoms with Crippen molar-refractivity contribution < 1.29 is 0 Å². The minimum Gasteiger partial charge on any atom is -0.324 e. The van der Waals surface area contributed by atoms with E-state index in [0.29, 0.717) is 5.65 Å². The Morgan fingerprint density at radius 3 is 2.86 bits per heavy atom. The summed E-state index contributed by atoms with van der Waals surface area (Å²) in [5, 5.41) is 16.0. The summed E-state index contributed by atoms with van der Waals surface area (Å²) >= 11 is 3.61. The van der Waals surface area contributed by atoms with Crippen LogP contribution in [0.2, 0.25) is 0 Å². The Kier molecular flexibility index (Phi) is 2.42. The second-order valence-electron chi connectivity index (χ2n) is 6.10. The minimum absolute atomic E-state index is 0.288. The van der Waals surface area contributed by atoms with E-state index in [9.17, 15) is 0 Å². The van der Waals surface area contributed by atoms with E-state index in [2.05, 4.69) is 59.7 Å². The number of aromatic nitrogens is 5. The average molecular weight is 357 g/mol. The summed E-state index contributed by atoms with van der Waals surface area (Å²) in [6.07, 6.45) is 3.80. The van der Waals surface area contributed by atoms with Crippen molar-refractivity contribution in [3.63, 3.8) is 0 Å². The quantitative estimate of drug-likeness (QED) is 0.670. The molecule has 0 amide bonds. The fourth-order valence-corrected chi connectivity index (χ4v) is 4.02. The number of rotatable bonds is 1. The van der Waals surface area contributed by atoms with Crippen LogP contribution < -0.4 is 4.90 Å². The van der Waals surface area contributed by atoms with Gasteiger partial charge in [0.15, 0.2) is 11.5 Å². The molecule has 2 aliphatic rings. The zero-order valence-corrected chi connectivity index (χ0v) is 13.4. The number of hydrogen-bond donors (Lipinski definition) is 0. The van der Waals surface area contributed by atoms with Crippen LogP contribution in [0.25, 0.3) is 5.65 Å². The van der Waals surface area contributed by atoms with Gasteiger partial charge in [0.05, 0.1) is 0 Å². The van der Waals surface area contributed by atoms with Gasteiger partial charge in [-0.05, 0) is 59.2 Å². The van der Waals surface area contributed by atoms with Gasteiger partial charge in [0.1, 0.15) is 0 Å². The molecule has 1 aliphatic carbocycles. The molecule has 0 atom stereocenters. The van der Waals surface area contributed by atoms with Crippen LogP contribution in [0.15, 0.2) is 34.8 Å². The van der Waals surface area contributed by atoms with Crippen LogP contribution in [0.5, 0.6) is 0 Å². The number of nitrogens with zero attached hydrogens (tertiary/aromatic N) is 6. The lowest BCUT2D eigenvalue weighted by molar-refractivity contribution is 0.266. The maximum atomic E-state index is 4.56. The first-order valence-corrected chi connectivity index (χ1v) is 8.18. The lowest BCUT2D eigenvalue weighted by atomic mass is 9.66. The highest BCUT2D eigenvalue weighted by Gasteiger charge is 2.47. The molecule has 1 aliphatic heterocycles. The average Bonchev–Trinajstić information content (AvgIpc) is 3.07. The first-order valence-electron chi connectivity index (χ1n) is 7.38. The summed E-state index contributed by atoms with van der Waals surface area (Å²) in [4.78, 5) is 2.29. The summed E-state index contributed by atoms with van der Waals surface area (Å²) in [7, 11) is 0. The van der Waals surface area contributed by atoms with Gasteiger partial charge < -0.3 is 4.90 Å². The highest BCUT2D eigenvalue weighted by molar-refractivity contribution is 9.10. The van der Waals surface area contributed by atoms with Crippen molar-refractivity contribution in [2.45, 2.75) is 24.7 Å². The van der Waals surface area contributed by atoms with E-state index in [-0.39, 0.29) is 5.41 Å². The summed E-state index contributed by atoms with van der Waals surface area (Å²) in [5.41, 5.74) is 3.64. The van der Waals surface area contributed by atoms with Crippen molar-refractivity contribution >= 4 is 33.1 Å². The number of fused-ring (bicyclic) bond motifs is 3. The summed E-state index contributed by atoms with van der Waals surface area (Å²) in [6.45, 7) is 0.986. The van der Waals surface area contributed by atoms with Gasteiger partial charge in [-0.2, -0.15) is 0 Å². The topological polar surface area (TPSA) is 59.2 Å². The van der Waals surface area contributed by atoms with Gasteiger partial charge in [-0.1, -0.05) is 22.4 Å².